The van der Waals surface area contributed by atoms with Crippen molar-refractivity contribution in [3.63, 3.8) is 0 Å². The van der Waals surface area contributed by atoms with Crippen LogP contribution in [0.15, 0.2) is 29.1 Å². The first-order chi connectivity index (χ1) is 12.1. The third-order valence-corrected chi connectivity index (χ3v) is 5.36. The molecule has 0 radical (unpaired) electrons. The molecule has 1 aliphatic carbocycles. The molecule has 0 unspecified atom stereocenters. The lowest BCUT2D eigenvalue weighted by Gasteiger charge is -2.29. The Morgan fingerprint density at radius 1 is 1.24 bits per heavy atom. The average molecular weight is 341 g/mol. The number of aromatic nitrogens is 4. The molecule has 7 nitrogen and oxygen atoms in total. The second kappa shape index (κ2) is 6.06. The molecule has 1 aliphatic rings. The maximum Gasteiger partial charge on any atom is 0.352 e. The van der Waals surface area contributed by atoms with Crippen molar-refractivity contribution in [1.82, 2.24) is 24.1 Å². The number of fused-ring (bicyclic) bond motifs is 3. The standard InChI is InChI=1S/C18H23N5O2/c1-12-7-3-4-8-13(12)19-16(24)11-22-18(25)23-15-10-6-5-9-14(15)21(2)17(23)20-22/h5-6,9-10,12-13H,3-4,7-8,11H2,1-2H3,(H,19,24)/t12-,13+/m0/s1. The number of rotatable bonds is 3. The molecule has 132 valence electrons. The number of hydrogen-bond acceptors (Lipinski definition) is 3. The van der Waals surface area contributed by atoms with Crippen LogP contribution in [0.5, 0.6) is 0 Å². The fourth-order valence-electron chi connectivity index (χ4n) is 3.89. The summed E-state index contributed by atoms with van der Waals surface area (Å²) < 4.78 is 4.69. The molecular formula is C18H23N5O2. The maximum atomic E-state index is 12.7. The first-order valence-electron chi connectivity index (χ1n) is 8.88. The van der Waals surface area contributed by atoms with Gasteiger partial charge in [0.25, 0.3) is 0 Å². The zero-order valence-corrected chi connectivity index (χ0v) is 14.6. The van der Waals surface area contributed by atoms with Crippen molar-refractivity contribution in [2.24, 2.45) is 13.0 Å². The molecule has 2 aromatic heterocycles. The highest BCUT2D eigenvalue weighted by atomic mass is 16.2. The third kappa shape index (κ3) is 2.63. The van der Waals surface area contributed by atoms with E-state index in [1.807, 2.05) is 35.9 Å². The van der Waals surface area contributed by atoms with Crippen molar-refractivity contribution in [2.75, 3.05) is 0 Å². The fourth-order valence-corrected chi connectivity index (χ4v) is 3.89. The number of hydrogen-bond donors (Lipinski definition) is 1. The lowest BCUT2D eigenvalue weighted by atomic mass is 9.86. The first-order valence-corrected chi connectivity index (χ1v) is 8.88. The van der Waals surface area contributed by atoms with Gasteiger partial charge >= 0.3 is 5.69 Å². The van der Waals surface area contributed by atoms with Gasteiger partial charge in [0.05, 0.1) is 11.0 Å². The summed E-state index contributed by atoms with van der Waals surface area (Å²) in [6.07, 6.45) is 4.53. The van der Waals surface area contributed by atoms with Crippen LogP contribution in [0.3, 0.4) is 0 Å². The van der Waals surface area contributed by atoms with E-state index in [9.17, 15) is 9.59 Å². The minimum Gasteiger partial charge on any atom is -0.351 e. The summed E-state index contributed by atoms with van der Waals surface area (Å²) in [5.41, 5.74) is 1.46. The zero-order valence-electron chi connectivity index (χ0n) is 14.6. The van der Waals surface area contributed by atoms with Crippen molar-refractivity contribution in [1.29, 1.82) is 0 Å². The largest absolute Gasteiger partial charge is 0.352 e. The van der Waals surface area contributed by atoms with Crippen LogP contribution in [0.1, 0.15) is 32.6 Å². The molecule has 0 aliphatic heterocycles. The van der Waals surface area contributed by atoms with Crippen LogP contribution in [0.2, 0.25) is 0 Å². The highest BCUT2D eigenvalue weighted by Gasteiger charge is 2.24. The lowest BCUT2D eigenvalue weighted by Crippen LogP contribution is -2.43. The Labute approximate surface area is 145 Å². The van der Waals surface area contributed by atoms with E-state index in [1.165, 1.54) is 11.1 Å². The Morgan fingerprint density at radius 3 is 2.72 bits per heavy atom. The summed E-state index contributed by atoms with van der Waals surface area (Å²) in [5.74, 6) is 0.887. The number of carbonyl (C=O) groups excluding carboxylic acids is 1. The van der Waals surface area contributed by atoms with E-state index in [0.29, 0.717) is 11.7 Å². The van der Waals surface area contributed by atoms with Gasteiger partial charge in [-0.1, -0.05) is 31.9 Å². The van der Waals surface area contributed by atoms with Crippen molar-refractivity contribution in [3.8, 4) is 0 Å². The third-order valence-electron chi connectivity index (χ3n) is 5.36. The number of imidazole rings is 1. The van der Waals surface area contributed by atoms with E-state index in [1.54, 1.807) is 4.40 Å². The fraction of sp³-hybridized carbons (Fsp3) is 0.500. The quantitative estimate of drug-likeness (QED) is 0.788. The normalized spacial score (nSPS) is 21.0. The SMILES string of the molecule is C[C@H]1CCCC[C@H]1NC(=O)Cn1nc2n(C)c3ccccc3n2c1=O. The Hall–Kier alpha value is -2.57. The molecule has 4 rings (SSSR count). The number of nitrogens with zero attached hydrogens (tertiary/aromatic N) is 4. The van der Waals surface area contributed by atoms with Gasteiger partial charge in [-0.25, -0.2) is 13.9 Å². The van der Waals surface area contributed by atoms with E-state index in [0.717, 1.165) is 30.3 Å². The molecule has 0 saturated heterocycles. The first kappa shape index (κ1) is 15.9. The average Bonchev–Trinajstić information content (AvgIpc) is 3.06. The molecule has 1 aromatic carbocycles. The van der Waals surface area contributed by atoms with Gasteiger partial charge in [-0.3, -0.25) is 4.79 Å². The Bertz CT molecular complexity index is 996. The summed E-state index contributed by atoms with van der Waals surface area (Å²) in [7, 11) is 1.87. The van der Waals surface area contributed by atoms with E-state index >= 15 is 0 Å². The van der Waals surface area contributed by atoms with Gasteiger partial charge in [0.15, 0.2) is 0 Å². The van der Waals surface area contributed by atoms with Crippen LogP contribution in [-0.4, -0.2) is 30.7 Å². The second-order valence-electron chi connectivity index (χ2n) is 7.06. The minimum atomic E-state index is -0.279. The predicted molar refractivity (Wildman–Crippen MR) is 95.5 cm³/mol. The van der Waals surface area contributed by atoms with Crippen LogP contribution in [0.4, 0.5) is 0 Å². The number of amides is 1. The van der Waals surface area contributed by atoms with E-state index < -0.39 is 0 Å². The topological polar surface area (TPSA) is 73.3 Å². The van der Waals surface area contributed by atoms with Crippen LogP contribution >= 0.6 is 0 Å². The van der Waals surface area contributed by atoms with Crippen LogP contribution in [-0.2, 0) is 18.4 Å². The summed E-state index contributed by atoms with van der Waals surface area (Å²) >= 11 is 0. The molecule has 7 heteroatoms. The molecular weight excluding hydrogens is 318 g/mol. The molecule has 25 heavy (non-hydrogen) atoms. The monoisotopic (exact) mass is 341 g/mol. The van der Waals surface area contributed by atoms with E-state index in [-0.39, 0.29) is 24.2 Å². The van der Waals surface area contributed by atoms with Gasteiger partial charge in [-0.15, -0.1) is 5.10 Å². The Kier molecular flexibility index (Phi) is 3.86. The summed E-state index contributed by atoms with van der Waals surface area (Å²) in [5, 5.41) is 7.45. The molecule has 2 atom stereocenters. The molecule has 1 fully saturated rings. The molecule has 2 heterocycles. The molecule has 0 spiro atoms. The molecule has 1 saturated carbocycles. The van der Waals surface area contributed by atoms with Crippen molar-refractivity contribution < 1.29 is 4.79 Å². The number of benzene rings is 1. The van der Waals surface area contributed by atoms with E-state index in [4.69, 9.17) is 0 Å². The van der Waals surface area contributed by atoms with Crippen molar-refractivity contribution in [2.45, 2.75) is 45.2 Å². The Morgan fingerprint density at radius 2 is 1.96 bits per heavy atom. The molecule has 1 N–H and O–H groups in total. The Balaban J connectivity index is 1.62. The highest BCUT2D eigenvalue weighted by Crippen LogP contribution is 2.23. The summed E-state index contributed by atoms with van der Waals surface area (Å²) in [6.45, 7) is 2.13. The lowest BCUT2D eigenvalue weighted by molar-refractivity contribution is -0.123. The van der Waals surface area contributed by atoms with Crippen LogP contribution < -0.4 is 11.0 Å². The highest BCUT2D eigenvalue weighted by molar-refractivity contribution is 5.80. The predicted octanol–water partition coefficient (Wildman–Crippen LogP) is 1.68. The smallest absolute Gasteiger partial charge is 0.351 e. The van der Waals surface area contributed by atoms with Gasteiger partial charge in [-0.2, -0.15) is 0 Å². The number of aryl methyl sites for hydroxylation is 1. The molecule has 0 bridgehead atoms. The van der Waals surface area contributed by atoms with Gasteiger partial charge in [-0.05, 0) is 30.9 Å². The van der Waals surface area contributed by atoms with Crippen molar-refractivity contribution >= 4 is 22.7 Å². The van der Waals surface area contributed by atoms with Crippen LogP contribution in [0, 0.1) is 5.92 Å². The minimum absolute atomic E-state index is 0.0436. The summed E-state index contributed by atoms with van der Waals surface area (Å²) in [4.78, 5) is 25.1. The van der Waals surface area contributed by atoms with Crippen LogP contribution in [0.25, 0.3) is 16.8 Å². The molecule has 1 amide bonds. The number of para-hydroxylation sites is 2. The van der Waals surface area contributed by atoms with Gasteiger partial charge < -0.3 is 9.88 Å². The van der Waals surface area contributed by atoms with Gasteiger partial charge in [0, 0.05) is 13.1 Å². The maximum absolute atomic E-state index is 12.7. The van der Waals surface area contributed by atoms with E-state index in [2.05, 4.69) is 17.3 Å². The van der Waals surface area contributed by atoms with Gasteiger partial charge in [0.1, 0.15) is 6.54 Å². The van der Waals surface area contributed by atoms with Crippen molar-refractivity contribution in [3.05, 3.63) is 34.7 Å². The van der Waals surface area contributed by atoms with Gasteiger partial charge in [0.2, 0.25) is 11.7 Å². The number of nitrogens with one attached hydrogen (secondary N) is 1. The summed E-state index contributed by atoms with van der Waals surface area (Å²) in [6, 6.07) is 7.86. The second-order valence-corrected chi connectivity index (χ2v) is 7.06. The zero-order chi connectivity index (χ0) is 17.6. The number of carbonyl (C=O) groups is 1. The molecule has 3 aromatic rings.